The molecule has 0 spiro atoms. The number of nitrogens with one attached hydrogen (secondary N) is 1. The van der Waals surface area contributed by atoms with E-state index in [1.54, 1.807) is 43.5 Å². The minimum absolute atomic E-state index is 0.0949. The van der Waals surface area contributed by atoms with Crippen LogP contribution >= 0.6 is 23.2 Å². The third-order valence-corrected chi connectivity index (χ3v) is 7.14. The Bertz CT molecular complexity index is 1160. The number of ketones is 1. The number of carbonyl (C=O) groups is 2. The molecule has 9 heteroatoms. The number of Topliss-reactive ketones (excluding diaryl/α,β-unsaturated/α-hetero) is 1. The average Bonchev–Trinajstić information content (AvgIpc) is 3.09. The lowest BCUT2D eigenvalue weighted by Crippen LogP contribution is -3.14. The minimum Gasteiger partial charge on any atom is -0.872 e. The van der Waals surface area contributed by atoms with Crippen LogP contribution in [0.5, 0.6) is 5.75 Å². The fourth-order valence-corrected chi connectivity index (χ4v) is 5.24. The monoisotopic (exact) mass is 518 g/mol. The van der Waals surface area contributed by atoms with Crippen molar-refractivity contribution in [2.45, 2.75) is 19.4 Å². The summed E-state index contributed by atoms with van der Waals surface area (Å²) in [5.74, 6) is -1.35. The number of methoxy groups -OCH3 is 1. The first-order valence-corrected chi connectivity index (χ1v) is 12.3. The molecule has 7 nitrogen and oxygen atoms in total. The summed E-state index contributed by atoms with van der Waals surface area (Å²) < 4.78 is 10.7. The quantitative estimate of drug-likeness (QED) is 0.343. The Kier molecular flexibility index (Phi) is 8.02. The molecular formula is C26H28Cl2N2O5. The summed E-state index contributed by atoms with van der Waals surface area (Å²) in [6.07, 6.45) is 0.680. The highest BCUT2D eigenvalue weighted by atomic mass is 35.5. The van der Waals surface area contributed by atoms with Crippen LogP contribution in [0.4, 0.5) is 0 Å². The van der Waals surface area contributed by atoms with E-state index in [-0.39, 0.29) is 5.57 Å². The number of likely N-dealkylation sites (tertiary alicyclic amines) is 1. The van der Waals surface area contributed by atoms with Gasteiger partial charge in [0.15, 0.2) is 0 Å². The number of amides is 1. The highest BCUT2D eigenvalue weighted by molar-refractivity contribution is 6.47. The van der Waals surface area contributed by atoms with Crippen LogP contribution < -0.4 is 14.7 Å². The zero-order valence-corrected chi connectivity index (χ0v) is 21.2. The van der Waals surface area contributed by atoms with Crippen LogP contribution in [0, 0.1) is 6.92 Å². The fourth-order valence-electron chi connectivity index (χ4n) is 4.73. The Hall–Kier alpha value is -2.58. The van der Waals surface area contributed by atoms with Crippen molar-refractivity contribution in [2.24, 2.45) is 0 Å². The second-order valence-corrected chi connectivity index (χ2v) is 9.63. The van der Waals surface area contributed by atoms with E-state index < -0.39 is 23.5 Å². The predicted octanol–water partition coefficient (Wildman–Crippen LogP) is 1.84. The normalized spacial score (nSPS) is 20.5. The molecule has 0 bridgehead atoms. The van der Waals surface area contributed by atoms with Crippen LogP contribution in [0.2, 0.25) is 10.0 Å². The first-order chi connectivity index (χ1) is 16.8. The van der Waals surface area contributed by atoms with E-state index in [9.17, 15) is 14.7 Å². The highest BCUT2D eigenvalue weighted by Gasteiger charge is 2.44. The van der Waals surface area contributed by atoms with Gasteiger partial charge >= 0.3 is 0 Å². The maximum atomic E-state index is 13.6. The van der Waals surface area contributed by atoms with E-state index in [1.165, 1.54) is 9.80 Å². The molecule has 2 aliphatic heterocycles. The van der Waals surface area contributed by atoms with E-state index in [0.29, 0.717) is 53.1 Å². The van der Waals surface area contributed by atoms with Crippen molar-refractivity contribution in [1.82, 2.24) is 4.90 Å². The molecular weight excluding hydrogens is 491 g/mol. The summed E-state index contributed by atoms with van der Waals surface area (Å²) in [6.45, 7) is 6.23. The van der Waals surface area contributed by atoms with Crippen molar-refractivity contribution in [2.75, 3.05) is 46.5 Å². The van der Waals surface area contributed by atoms with Crippen LogP contribution in [0.3, 0.4) is 0 Å². The topological polar surface area (TPSA) is 83.3 Å². The van der Waals surface area contributed by atoms with Gasteiger partial charge in [-0.2, -0.15) is 0 Å². The molecule has 1 amide bonds. The molecule has 1 atom stereocenters. The molecule has 2 aromatic rings. The van der Waals surface area contributed by atoms with Gasteiger partial charge in [0, 0.05) is 28.6 Å². The molecule has 4 rings (SSSR count). The van der Waals surface area contributed by atoms with Crippen LogP contribution in [0.1, 0.15) is 29.2 Å². The number of benzene rings is 2. The van der Waals surface area contributed by atoms with Gasteiger partial charge in [0.05, 0.1) is 32.9 Å². The van der Waals surface area contributed by atoms with Gasteiger partial charge in [0.25, 0.3) is 5.91 Å². The van der Waals surface area contributed by atoms with Crippen molar-refractivity contribution < 1.29 is 29.1 Å². The molecule has 0 radical (unpaired) electrons. The van der Waals surface area contributed by atoms with Gasteiger partial charge in [-0.3, -0.25) is 9.59 Å². The molecule has 0 saturated carbocycles. The van der Waals surface area contributed by atoms with Gasteiger partial charge in [0.1, 0.15) is 18.8 Å². The Morgan fingerprint density at radius 2 is 1.91 bits per heavy atom. The van der Waals surface area contributed by atoms with E-state index in [1.807, 2.05) is 6.92 Å². The van der Waals surface area contributed by atoms with Gasteiger partial charge in [-0.05, 0) is 47.9 Å². The summed E-state index contributed by atoms with van der Waals surface area (Å²) in [6, 6.07) is 8.94. The van der Waals surface area contributed by atoms with Crippen molar-refractivity contribution in [3.05, 3.63) is 68.7 Å². The van der Waals surface area contributed by atoms with Gasteiger partial charge in [-0.25, -0.2) is 0 Å². The molecule has 0 aromatic heterocycles. The zero-order chi connectivity index (χ0) is 25.1. The number of ether oxygens (including phenoxy) is 2. The second-order valence-electron chi connectivity index (χ2n) is 8.79. The Morgan fingerprint density at radius 1 is 1.17 bits per heavy atom. The molecule has 2 aromatic carbocycles. The lowest BCUT2D eigenvalue weighted by atomic mass is 9.94. The molecule has 0 aliphatic carbocycles. The third-order valence-electron chi connectivity index (χ3n) is 6.57. The first kappa shape index (κ1) is 25.5. The molecule has 2 saturated heterocycles. The lowest BCUT2D eigenvalue weighted by Gasteiger charge is -2.29. The standard InChI is InChI=1S/C26H28Cl2N2O5/c1-16-14-17(4-7-21(16)34-2)24(31)22-23(19-6-5-18(27)15-20(19)28)30(26(33)25(22)32)9-3-8-29-10-12-35-13-11-29/h4-7,14-15,23,31H,3,8-13H2,1-2H3/b24-22+. The summed E-state index contributed by atoms with van der Waals surface area (Å²) in [4.78, 5) is 29.2. The molecule has 35 heavy (non-hydrogen) atoms. The van der Waals surface area contributed by atoms with Crippen molar-refractivity contribution in [1.29, 1.82) is 0 Å². The largest absolute Gasteiger partial charge is 0.872 e. The molecule has 2 aliphatic rings. The van der Waals surface area contributed by atoms with Crippen LogP contribution in [0.25, 0.3) is 5.76 Å². The lowest BCUT2D eigenvalue weighted by molar-refractivity contribution is -0.908. The number of carbonyl (C=O) groups excluding carboxylic acids is 2. The van der Waals surface area contributed by atoms with E-state index in [4.69, 9.17) is 32.7 Å². The Morgan fingerprint density at radius 3 is 2.57 bits per heavy atom. The number of halogens is 2. The number of morpholine rings is 1. The van der Waals surface area contributed by atoms with Crippen molar-refractivity contribution in [3.8, 4) is 5.75 Å². The first-order valence-electron chi connectivity index (χ1n) is 11.6. The van der Waals surface area contributed by atoms with Gasteiger partial charge in [-0.1, -0.05) is 41.1 Å². The minimum atomic E-state index is -0.880. The van der Waals surface area contributed by atoms with Crippen LogP contribution in [-0.4, -0.2) is 63.1 Å². The van der Waals surface area contributed by atoms with Crippen LogP contribution in [0.15, 0.2) is 42.0 Å². The highest BCUT2D eigenvalue weighted by Crippen LogP contribution is 2.42. The SMILES string of the molecule is COc1ccc(/C([O-])=C2\C(=O)C(=O)N(CCC[NH+]3CCOCC3)C2c2ccc(Cl)cc2Cl)cc1C. The van der Waals surface area contributed by atoms with Gasteiger partial charge in [-0.15, -0.1) is 0 Å². The van der Waals surface area contributed by atoms with Crippen LogP contribution in [-0.2, 0) is 14.3 Å². The van der Waals surface area contributed by atoms with E-state index in [0.717, 1.165) is 25.2 Å². The maximum absolute atomic E-state index is 13.6. The number of hydrogen-bond donors (Lipinski definition) is 1. The van der Waals surface area contributed by atoms with Crippen molar-refractivity contribution >= 4 is 40.7 Å². The Labute approximate surface area is 214 Å². The third kappa shape index (κ3) is 5.33. The molecule has 2 heterocycles. The summed E-state index contributed by atoms with van der Waals surface area (Å²) >= 11 is 12.6. The second kappa shape index (κ2) is 11.0. The number of hydrogen-bond acceptors (Lipinski definition) is 5. The van der Waals surface area contributed by atoms with Crippen molar-refractivity contribution in [3.63, 3.8) is 0 Å². The predicted molar refractivity (Wildman–Crippen MR) is 132 cm³/mol. The fraction of sp³-hybridized carbons (Fsp3) is 0.385. The molecule has 186 valence electrons. The van der Waals surface area contributed by atoms with Gasteiger partial charge in [0.2, 0.25) is 5.78 Å². The van der Waals surface area contributed by atoms with E-state index in [2.05, 4.69) is 0 Å². The summed E-state index contributed by atoms with van der Waals surface area (Å²) in [5, 5.41) is 14.3. The average molecular weight is 519 g/mol. The summed E-state index contributed by atoms with van der Waals surface area (Å²) in [7, 11) is 1.55. The zero-order valence-electron chi connectivity index (χ0n) is 19.7. The number of nitrogens with zero attached hydrogens (tertiary/aromatic N) is 1. The number of quaternary nitrogens is 1. The summed E-state index contributed by atoms with van der Waals surface area (Å²) in [5.41, 5.74) is 1.47. The number of rotatable bonds is 7. The molecule has 2 fully saturated rings. The Balaban J connectivity index is 1.72. The smallest absolute Gasteiger partial charge is 0.295 e. The van der Waals surface area contributed by atoms with E-state index >= 15 is 0 Å². The molecule has 1 unspecified atom stereocenters. The molecule has 1 N–H and O–H groups in total. The van der Waals surface area contributed by atoms with Gasteiger partial charge < -0.3 is 24.4 Å². The number of aryl methyl sites for hydroxylation is 1. The maximum Gasteiger partial charge on any atom is 0.295 e.